The molecule has 6 nitrogen and oxygen atoms in total. The molecule has 1 aromatic rings. The van der Waals surface area contributed by atoms with Crippen LogP contribution in [0, 0.1) is 5.92 Å². The Balaban J connectivity index is 2.15. The van der Waals surface area contributed by atoms with Gasteiger partial charge in [-0.15, -0.1) is 0 Å². The Labute approximate surface area is 129 Å². The zero-order valence-electron chi connectivity index (χ0n) is 13.1. The van der Waals surface area contributed by atoms with Gasteiger partial charge < -0.3 is 10.1 Å². The summed E-state index contributed by atoms with van der Waals surface area (Å²) in [5.41, 5.74) is 1.95. The summed E-state index contributed by atoms with van der Waals surface area (Å²) in [7, 11) is 1.59. The van der Waals surface area contributed by atoms with Crippen LogP contribution in [-0.2, 0) is 15.0 Å². The first-order valence-electron chi connectivity index (χ1n) is 7.34. The number of ether oxygens (including phenoxy) is 1. The largest absolute Gasteiger partial charge is 0.497 e. The van der Waals surface area contributed by atoms with Gasteiger partial charge in [-0.1, -0.05) is 26.0 Å². The van der Waals surface area contributed by atoms with Crippen molar-refractivity contribution in [3.05, 3.63) is 29.8 Å². The molecule has 1 unspecified atom stereocenters. The third kappa shape index (κ3) is 3.06. The normalized spacial score (nSPS) is 16.8. The zero-order chi connectivity index (χ0) is 16.3. The van der Waals surface area contributed by atoms with Crippen LogP contribution in [-0.4, -0.2) is 30.2 Å². The summed E-state index contributed by atoms with van der Waals surface area (Å²) in [5.74, 6) is -0.170. The number of carbonyl (C=O) groups is 2. The summed E-state index contributed by atoms with van der Waals surface area (Å²) in [4.78, 5) is 24.3. The van der Waals surface area contributed by atoms with Crippen molar-refractivity contribution in [2.45, 2.75) is 38.1 Å². The van der Waals surface area contributed by atoms with E-state index >= 15 is 0 Å². The van der Waals surface area contributed by atoms with E-state index in [1.165, 1.54) is 0 Å². The fourth-order valence-electron chi connectivity index (χ4n) is 2.57. The van der Waals surface area contributed by atoms with E-state index in [2.05, 4.69) is 5.32 Å². The topological polar surface area (TPSA) is 87.7 Å². The molecule has 1 saturated carbocycles. The quantitative estimate of drug-likeness (QED) is 0.547. The van der Waals surface area contributed by atoms with E-state index in [1.807, 2.05) is 38.1 Å². The molecule has 22 heavy (non-hydrogen) atoms. The molecular formula is C16H22N2O4. The maximum Gasteiger partial charge on any atom is 0.266 e. The molecule has 6 heteroatoms. The van der Waals surface area contributed by atoms with Crippen LogP contribution < -0.4 is 15.5 Å². The van der Waals surface area contributed by atoms with Gasteiger partial charge in [0.25, 0.3) is 5.91 Å². The van der Waals surface area contributed by atoms with Crippen LogP contribution in [0.15, 0.2) is 24.3 Å². The first-order valence-corrected chi connectivity index (χ1v) is 7.34. The van der Waals surface area contributed by atoms with Crippen LogP contribution in [0.25, 0.3) is 0 Å². The fraction of sp³-hybridized carbons (Fsp3) is 0.500. The fourth-order valence-corrected chi connectivity index (χ4v) is 2.57. The van der Waals surface area contributed by atoms with Gasteiger partial charge in [0.2, 0.25) is 5.91 Å². The molecule has 1 atom stereocenters. The minimum Gasteiger partial charge on any atom is -0.497 e. The van der Waals surface area contributed by atoms with Crippen molar-refractivity contribution in [1.29, 1.82) is 0 Å². The number of hydroxylamine groups is 1. The summed E-state index contributed by atoms with van der Waals surface area (Å²) in [5, 5.41) is 11.6. The maximum atomic E-state index is 12.6. The van der Waals surface area contributed by atoms with Crippen LogP contribution in [0.3, 0.4) is 0 Å². The van der Waals surface area contributed by atoms with Crippen molar-refractivity contribution in [3.8, 4) is 5.75 Å². The number of amides is 2. The first kappa shape index (κ1) is 16.3. The third-order valence-corrected chi connectivity index (χ3v) is 4.17. The minimum atomic E-state index is -0.756. The molecule has 0 aliphatic heterocycles. The highest BCUT2D eigenvalue weighted by Crippen LogP contribution is 2.48. The highest BCUT2D eigenvalue weighted by molar-refractivity contribution is 5.95. The molecule has 0 radical (unpaired) electrons. The predicted octanol–water partition coefficient (Wildman–Crippen LogP) is 1.37. The van der Waals surface area contributed by atoms with Gasteiger partial charge in [0.1, 0.15) is 11.8 Å². The lowest BCUT2D eigenvalue weighted by molar-refractivity contribution is -0.136. The van der Waals surface area contributed by atoms with Crippen LogP contribution >= 0.6 is 0 Å². The van der Waals surface area contributed by atoms with Crippen molar-refractivity contribution in [2.24, 2.45) is 5.92 Å². The molecule has 2 rings (SSSR count). The van der Waals surface area contributed by atoms with Gasteiger partial charge in [0, 0.05) is 0 Å². The standard InChI is InChI=1S/C16H22N2O4/c1-10(2)13(14(19)18-21)17-15(20)16(8-9-16)11-4-6-12(22-3)7-5-11/h4-7,10,13,21H,8-9H2,1-3H3,(H,17,20)(H,18,19). The van der Waals surface area contributed by atoms with E-state index in [4.69, 9.17) is 9.94 Å². The number of hydrogen-bond acceptors (Lipinski definition) is 4. The molecule has 0 heterocycles. The molecule has 3 N–H and O–H groups in total. The van der Waals surface area contributed by atoms with Gasteiger partial charge >= 0.3 is 0 Å². The molecule has 0 bridgehead atoms. The number of rotatable bonds is 6. The predicted molar refractivity (Wildman–Crippen MR) is 80.6 cm³/mol. The molecule has 0 saturated heterocycles. The van der Waals surface area contributed by atoms with Crippen molar-refractivity contribution in [1.82, 2.24) is 10.8 Å². The Hall–Kier alpha value is -2.08. The van der Waals surface area contributed by atoms with E-state index in [0.29, 0.717) is 0 Å². The Bertz CT molecular complexity index is 550. The zero-order valence-corrected chi connectivity index (χ0v) is 13.1. The summed E-state index contributed by atoms with van der Waals surface area (Å²) >= 11 is 0. The molecular weight excluding hydrogens is 284 g/mol. The summed E-state index contributed by atoms with van der Waals surface area (Å²) in [6, 6.07) is 6.64. The van der Waals surface area contributed by atoms with Gasteiger partial charge in [0.05, 0.1) is 12.5 Å². The molecule has 1 aliphatic rings. The summed E-state index contributed by atoms with van der Waals surface area (Å²) in [6.45, 7) is 3.63. The molecule has 2 amide bonds. The minimum absolute atomic E-state index is 0.122. The molecule has 1 fully saturated rings. The van der Waals surface area contributed by atoms with Gasteiger partial charge in [0.15, 0.2) is 0 Å². The molecule has 120 valence electrons. The van der Waals surface area contributed by atoms with Crippen LogP contribution in [0.4, 0.5) is 0 Å². The van der Waals surface area contributed by atoms with Gasteiger partial charge in [-0.25, -0.2) is 5.48 Å². The third-order valence-electron chi connectivity index (χ3n) is 4.17. The first-order chi connectivity index (χ1) is 10.4. The van der Waals surface area contributed by atoms with E-state index in [0.717, 1.165) is 24.2 Å². The maximum absolute atomic E-state index is 12.6. The average Bonchev–Trinajstić information content (AvgIpc) is 3.33. The lowest BCUT2D eigenvalue weighted by atomic mass is 9.93. The van der Waals surface area contributed by atoms with E-state index in [-0.39, 0.29) is 11.8 Å². The van der Waals surface area contributed by atoms with Crippen LogP contribution in [0.2, 0.25) is 0 Å². The van der Waals surface area contributed by atoms with Gasteiger partial charge in [-0.3, -0.25) is 14.8 Å². The Morgan fingerprint density at radius 2 is 1.82 bits per heavy atom. The van der Waals surface area contributed by atoms with Crippen molar-refractivity contribution in [3.63, 3.8) is 0 Å². The van der Waals surface area contributed by atoms with Crippen LogP contribution in [0.5, 0.6) is 5.75 Å². The summed E-state index contributed by atoms with van der Waals surface area (Å²) < 4.78 is 5.12. The average molecular weight is 306 g/mol. The summed E-state index contributed by atoms with van der Waals surface area (Å²) in [6.07, 6.45) is 1.49. The van der Waals surface area contributed by atoms with E-state index in [9.17, 15) is 9.59 Å². The van der Waals surface area contributed by atoms with Crippen molar-refractivity contribution < 1.29 is 19.5 Å². The number of carbonyl (C=O) groups excluding carboxylic acids is 2. The highest BCUT2D eigenvalue weighted by atomic mass is 16.5. The number of methoxy groups -OCH3 is 1. The van der Waals surface area contributed by atoms with Gasteiger partial charge in [-0.2, -0.15) is 0 Å². The lowest BCUT2D eigenvalue weighted by Crippen LogP contribution is -2.51. The Morgan fingerprint density at radius 3 is 2.23 bits per heavy atom. The second kappa shape index (κ2) is 6.36. The number of hydrogen-bond donors (Lipinski definition) is 3. The van der Waals surface area contributed by atoms with Crippen molar-refractivity contribution >= 4 is 11.8 Å². The molecule has 1 aromatic carbocycles. The van der Waals surface area contributed by atoms with E-state index in [1.54, 1.807) is 12.6 Å². The second-order valence-electron chi connectivity index (χ2n) is 5.98. The number of benzene rings is 1. The highest BCUT2D eigenvalue weighted by Gasteiger charge is 2.52. The number of nitrogens with one attached hydrogen (secondary N) is 2. The SMILES string of the molecule is COc1ccc(C2(C(=O)NC(C(=O)NO)C(C)C)CC2)cc1. The second-order valence-corrected chi connectivity index (χ2v) is 5.98. The lowest BCUT2D eigenvalue weighted by Gasteiger charge is -2.24. The molecule has 0 aromatic heterocycles. The monoisotopic (exact) mass is 306 g/mol. The van der Waals surface area contributed by atoms with Gasteiger partial charge in [-0.05, 0) is 36.5 Å². The Morgan fingerprint density at radius 1 is 1.23 bits per heavy atom. The molecule has 0 spiro atoms. The van der Waals surface area contributed by atoms with Crippen LogP contribution in [0.1, 0.15) is 32.3 Å². The van der Waals surface area contributed by atoms with E-state index < -0.39 is 17.4 Å². The smallest absolute Gasteiger partial charge is 0.266 e. The molecule has 1 aliphatic carbocycles. The Kier molecular flexibility index (Phi) is 4.71. The van der Waals surface area contributed by atoms with Crippen molar-refractivity contribution in [2.75, 3.05) is 7.11 Å².